The molecule has 0 bridgehead atoms. The minimum atomic E-state index is -3.63. The zero-order chi connectivity index (χ0) is 27.1. The van der Waals surface area contributed by atoms with Crippen LogP contribution < -0.4 is 5.56 Å². The maximum Gasteiger partial charge on any atom is 0.266 e. The Hall–Kier alpha value is -3.37. The number of hydrogen-bond donors (Lipinski definition) is 0. The van der Waals surface area contributed by atoms with E-state index < -0.39 is 10.0 Å². The van der Waals surface area contributed by atoms with E-state index in [0.717, 1.165) is 20.9 Å². The normalized spacial score (nSPS) is 16.1. The molecule has 1 fully saturated rings. The van der Waals surface area contributed by atoms with Gasteiger partial charge in [-0.25, -0.2) is 13.4 Å². The lowest BCUT2D eigenvalue weighted by Crippen LogP contribution is -2.49. The molecule has 1 aromatic heterocycles. The van der Waals surface area contributed by atoms with Gasteiger partial charge in [-0.05, 0) is 66.2 Å². The van der Waals surface area contributed by atoms with Crippen LogP contribution in [0.15, 0.2) is 105 Å². The molecular formula is C30H27BrN4O3S. The Balaban J connectivity index is 1.29. The predicted octanol–water partition coefficient (Wildman–Crippen LogP) is 5.37. The molecule has 39 heavy (non-hydrogen) atoms. The van der Waals surface area contributed by atoms with Crippen molar-refractivity contribution in [2.75, 3.05) is 26.2 Å². The van der Waals surface area contributed by atoms with Gasteiger partial charge in [0.15, 0.2) is 0 Å². The summed E-state index contributed by atoms with van der Waals surface area (Å²) in [6, 6.07) is 27.8. The van der Waals surface area contributed by atoms with E-state index in [1.165, 1.54) is 0 Å². The first-order chi connectivity index (χ1) is 18.8. The van der Waals surface area contributed by atoms with Crippen molar-refractivity contribution >= 4 is 47.6 Å². The molecule has 0 N–H and O–H groups in total. The summed E-state index contributed by atoms with van der Waals surface area (Å²) in [5.41, 5.74) is 1.26. The molecule has 1 saturated heterocycles. The third kappa shape index (κ3) is 4.80. The largest absolute Gasteiger partial charge is 0.291 e. The second-order valence-corrected chi connectivity index (χ2v) is 12.6. The molecule has 1 unspecified atom stereocenters. The zero-order valence-electron chi connectivity index (χ0n) is 21.4. The lowest BCUT2D eigenvalue weighted by Gasteiger charge is -2.37. The van der Waals surface area contributed by atoms with Crippen molar-refractivity contribution in [3.05, 3.63) is 112 Å². The van der Waals surface area contributed by atoms with Gasteiger partial charge in [-0.1, -0.05) is 58.4 Å². The Morgan fingerprint density at radius 3 is 2.23 bits per heavy atom. The molecule has 0 radical (unpaired) electrons. The van der Waals surface area contributed by atoms with Crippen molar-refractivity contribution in [1.29, 1.82) is 0 Å². The second kappa shape index (κ2) is 10.3. The van der Waals surface area contributed by atoms with Gasteiger partial charge in [0.05, 0.1) is 27.5 Å². The van der Waals surface area contributed by atoms with Gasteiger partial charge in [0.2, 0.25) is 10.0 Å². The number of sulfonamides is 1. The van der Waals surface area contributed by atoms with Crippen LogP contribution in [0.3, 0.4) is 0 Å². The first-order valence-electron chi connectivity index (χ1n) is 12.8. The van der Waals surface area contributed by atoms with Crippen LogP contribution in [0.2, 0.25) is 0 Å². The quantitative estimate of drug-likeness (QED) is 0.270. The fourth-order valence-electron chi connectivity index (χ4n) is 5.24. The summed E-state index contributed by atoms with van der Waals surface area (Å²) in [6.45, 7) is 3.79. The summed E-state index contributed by atoms with van der Waals surface area (Å²) in [4.78, 5) is 21.1. The number of halogens is 1. The van der Waals surface area contributed by atoms with E-state index in [1.807, 2.05) is 79.7 Å². The van der Waals surface area contributed by atoms with Crippen LogP contribution in [0.5, 0.6) is 0 Å². The SMILES string of the molecule is CC(c1nc2ccccc2c(=O)n1-c1ccc(Br)cc1)N1CCN(S(=O)(=O)c2ccc3ccccc3c2)CC1. The fourth-order valence-corrected chi connectivity index (χ4v) is 6.96. The first-order valence-corrected chi connectivity index (χ1v) is 15.1. The summed E-state index contributed by atoms with van der Waals surface area (Å²) in [7, 11) is -3.63. The Labute approximate surface area is 235 Å². The number of nitrogens with zero attached hydrogens (tertiary/aromatic N) is 4. The van der Waals surface area contributed by atoms with Crippen molar-refractivity contribution < 1.29 is 8.42 Å². The minimum absolute atomic E-state index is 0.123. The van der Waals surface area contributed by atoms with Crippen LogP contribution in [0.4, 0.5) is 0 Å². The topological polar surface area (TPSA) is 75.5 Å². The van der Waals surface area contributed by atoms with Gasteiger partial charge in [-0.3, -0.25) is 14.3 Å². The molecule has 2 heterocycles. The second-order valence-electron chi connectivity index (χ2n) is 9.73. The van der Waals surface area contributed by atoms with Crippen LogP contribution in [-0.4, -0.2) is 53.4 Å². The van der Waals surface area contributed by atoms with Gasteiger partial charge in [0.25, 0.3) is 5.56 Å². The number of para-hydroxylation sites is 1. The Morgan fingerprint density at radius 1 is 0.821 bits per heavy atom. The highest BCUT2D eigenvalue weighted by molar-refractivity contribution is 9.10. The van der Waals surface area contributed by atoms with Crippen molar-refractivity contribution in [3.63, 3.8) is 0 Å². The van der Waals surface area contributed by atoms with Gasteiger partial charge in [0.1, 0.15) is 5.82 Å². The monoisotopic (exact) mass is 602 g/mol. The van der Waals surface area contributed by atoms with E-state index in [-0.39, 0.29) is 11.6 Å². The Morgan fingerprint density at radius 2 is 1.49 bits per heavy atom. The maximum atomic E-state index is 13.7. The zero-order valence-corrected chi connectivity index (χ0v) is 23.8. The van der Waals surface area contributed by atoms with Crippen molar-refractivity contribution in [3.8, 4) is 5.69 Å². The van der Waals surface area contributed by atoms with E-state index in [9.17, 15) is 13.2 Å². The van der Waals surface area contributed by atoms with E-state index in [1.54, 1.807) is 27.1 Å². The van der Waals surface area contributed by atoms with E-state index >= 15 is 0 Å². The number of aromatic nitrogens is 2. The van der Waals surface area contributed by atoms with Crippen LogP contribution in [-0.2, 0) is 10.0 Å². The standard InChI is InChI=1S/C30H27BrN4O3S/c1-21(29-32-28-9-5-4-8-27(28)30(36)35(29)25-13-11-24(31)12-14-25)33-16-18-34(19-17-33)39(37,38)26-15-10-22-6-2-3-7-23(22)20-26/h2-15,20-21H,16-19H2,1H3. The summed E-state index contributed by atoms with van der Waals surface area (Å²) >= 11 is 3.47. The van der Waals surface area contributed by atoms with Crippen molar-refractivity contribution in [2.24, 2.45) is 0 Å². The molecule has 1 aliphatic heterocycles. The minimum Gasteiger partial charge on any atom is -0.291 e. The number of fused-ring (bicyclic) bond motifs is 2. The molecule has 1 aliphatic rings. The molecular weight excluding hydrogens is 576 g/mol. The number of hydrogen-bond acceptors (Lipinski definition) is 5. The molecule has 7 nitrogen and oxygen atoms in total. The highest BCUT2D eigenvalue weighted by atomic mass is 79.9. The highest BCUT2D eigenvalue weighted by Gasteiger charge is 2.32. The fraction of sp³-hybridized carbons (Fsp3) is 0.200. The molecule has 9 heteroatoms. The molecule has 0 amide bonds. The van der Waals surface area contributed by atoms with Crippen LogP contribution in [0.25, 0.3) is 27.4 Å². The molecule has 5 aromatic rings. The molecule has 198 valence electrons. The smallest absolute Gasteiger partial charge is 0.266 e. The van der Waals surface area contributed by atoms with Gasteiger partial charge >= 0.3 is 0 Å². The van der Waals surface area contributed by atoms with Crippen molar-refractivity contribution in [2.45, 2.75) is 17.9 Å². The van der Waals surface area contributed by atoms with E-state index in [2.05, 4.69) is 20.8 Å². The maximum absolute atomic E-state index is 13.7. The third-order valence-corrected chi connectivity index (χ3v) is 9.86. The van der Waals surface area contributed by atoms with E-state index in [4.69, 9.17) is 4.98 Å². The van der Waals surface area contributed by atoms with Gasteiger partial charge < -0.3 is 0 Å². The first kappa shape index (κ1) is 25.9. The lowest BCUT2D eigenvalue weighted by atomic mass is 10.1. The van der Waals surface area contributed by atoms with Crippen LogP contribution in [0.1, 0.15) is 18.8 Å². The van der Waals surface area contributed by atoms with Gasteiger partial charge in [0, 0.05) is 30.7 Å². The molecule has 1 atom stereocenters. The lowest BCUT2D eigenvalue weighted by molar-refractivity contribution is 0.140. The van der Waals surface area contributed by atoms with E-state index in [0.29, 0.717) is 47.8 Å². The summed E-state index contributed by atoms with van der Waals surface area (Å²) in [5, 5.41) is 2.47. The summed E-state index contributed by atoms with van der Waals surface area (Å²) in [5.74, 6) is 0.631. The molecule has 6 rings (SSSR count). The highest BCUT2D eigenvalue weighted by Crippen LogP contribution is 2.27. The summed E-state index contributed by atoms with van der Waals surface area (Å²) < 4.78 is 31.1. The van der Waals surface area contributed by atoms with Crippen LogP contribution >= 0.6 is 15.9 Å². The Bertz CT molecular complexity index is 1850. The van der Waals surface area contributed by atoms with Gasteiger partial charge in [-0.15, -0.1) is 0 Å². The molecule has 0 aliphatic carbocycles. The summed E-state index contributed by atoms with van der Waals surface area (Å²) in [6.07, 6.45) is 0. The molecule has 0 spiro atoms. The number of rotatable bonds is 5. The third-order valence-electron chi connectivity index (χ3n) is 7.44. The number of piperazine rings is 1. The predicted molar refractivity (Wildman–Crippen MR) is 158 cm³/mol. The Kier molecular flexibility index (Phi) is 6.84. The number of benzene rings is 4. The molecule has 4 aromatic carbocycles. The van der Waals surface area contributed by atoms with Crippen LogP contribution in [0, 0.1) is 0 Å². The average Bonchev–Trinajstić information content (AvgIpc) is 2.97. The average molecular weight is 604 g/mol. The molecule has 0 saturated carbocycles. The van der Waals surface area contributed by atoms with Crippen molar-refractivity contribution in [1.82, 2.24) is 18.8 Å². The van der Waals surface area contributed by atoms with Gasteiger partial charge in [-0.2, -0.15) is 4.31 Å².